The first-order valence-electron chi connectivity index (χ1n) is 5.22. The average molecular weight is 241 g/mol. The lowest BCUT2D eigenvalue weighted by molar-refractivity contribution is 0.0682. The van der Waals surface area contributed by atoms with Crippen molar-refractivity contribution in [3.05, 3.63) is 23.6 Å². The maximum atomic E-state index is 13.1. The van der Waals surface area contributed by atoms with Crippen LogP contribution in [0, 0.1) is 5.82 Å². The van der Waals surface area contributed by atoms with E-state index in [1.807, 2.05) is 0 Å². The second kappa shape index (κ2) is 5.58. The van der Waals surface area contributed by atoms with Gasteiger partial charge in [0.2, 0.25) is 0 Å². The maximum absolute atomic E-state index is 13.1. The number of aliphatic hydroxyl groups excluding tert-OH is 1. The van der Waals surface area contributed by atoms with Crippen LogP contribution in [0.5, 0.6) is 0 Å². The molecule has 0 aliphatic heterocycles. The molecule has 1 heterocycles. The van der Waals surface area contributed by atoms with Gasteiger partial charge in [0.25, 0.3) is 5.91 Å². The first kappa shape index (κ1) is 13.4. The van der Waals surface area contributed by atoms with Crippen molar-refractivity contribution in [3.63, 3.8) is 0 Å². The number of halogens is 1. The van der Waals surface area contributed by atoms with Crippen LogP contribution in [0.1, 0.15) is 17.3 Å². The Bertz CT molecular complexity index is 412. The molecule has 0 saturated heterocycles. The molecule has 0 bridgehead atoms. The van der Waals surface area contributed by atoms with Crippen molar-refractivity contribution in [1.82, 2.24) is 9.88 Å². The van der Waals surface area contributed by atoms with Crippen molar-refractivity contribution in [2.24, 2.45) is 0 Å². The second-order valence-electron chi connectivity index (χ2n) is 3.75. The van der Waals surface area contributed by atoms with Crippen LogP contribution in [0.2, 0.25) is 0 Å². The number of nitrogens with one attached hydrogen (secondary N) is 1. The summed E-state index contributed by atoms with van der Waals surface area (Å²) < 4.78 is 13.1. The van der Waals surface area contributed by atoms with Crippen LogP contribution < -0.4 is 5.32 Å². The Morgan fingerprint density at radius 2 is 2.35 bits per heavy atom. The number of likely N-dealkylation sites (N-methyl/N-ethyl adjacent to an activating group) is 1. The van der Waals surface area contributed by atoms with E-state index in [9.17, 15) is 9.18 Å². The number of amides is 1. The molecule has 0 fully saturated rings. The Kier molecular flexibility index (Phi) is 4.39. The van der Waals surface area contributed by atoms with Gasteiger partial charge in [-0.25, -0.2) is 9.37 Å². The molecule has 0 aliphatic carbocycles. The van der Waals surface area contributed by atoms with Gasteiger partial charge in [-0.3, -0.25) is 4.79 Å². The third kappa shape index (κ3) is 2.91. The van der Waals surface area contributed by atoms with Crippen LogP contribution in [0.25, 0.3) is 0 Å². The van der Waals surface area contributed by atoms with Crippen molar-refractivity contribution in [3.8, 4) is 0 Å². The van der Waals surface area contributed by atoms with E-state index in [1.54, 1.807) is 21.0 Å². The number of anilines is 1. The van der Waals surface area contributed by atoms with Crippen molar-refractivity contribution < 1.29 is 14.3 Å². The number of hydrogen-bond donors (Lipinski definition) is 2. The normalized spacial score (nSPS) is 12.1. The van der Waals surface area contributed by atoms with E-state index in [0.29, 0.717) is 5.82 Å². The number of rotatable bonds is 4. The average Bonchev–Trinajstić information content (AvgIpc) is 2.35. The highest BCUT2D eigenvalue weighted by molar-refractivity contribution is 5.98. The van der Waals surface area contributed by atoms with E-state index in [-0.39, 0.29) is 24.1 Å². The quantitative estimate of drug-likeness (QED) is 0.815. The van der Waals surface area contributed by atoms with Gasteiger partial charge in [-0.15, -0.1) is 0 Å². The molecule has 5 nitrogen and oxygen atoms in total. The van der Waals surface area contributed by atoms with Crippen LogP contribution >= 0.6 is 0 Å². The number of pyridine rings is 1. The molecule has 2 N–H and O–H groups in total. The fourth-order valence-corrected chi connectivity index (χ4v) is 1.31. The second-order valence-corrected chi connectivity index (χ2v) is 3.75. The predicted octanol–water partition coefficient (Wildman–Crippen LogP) is 0.715. The Morgan fingerprint density at radius 1 is 1.71 bits per heavy atom. The summed E-state index contributed by atoms with van der Waals surface area (Å²) in [7, 11) is 3.15. The molecule has 1 aromatic rings. The van der Waals surface area contributed by atoms with Crippen LogP contribution in [-0.2, 0) is 0 Å². The Balaban J connectivity index is 3.06. The summed E-state index contributed by atoms with van der Waals surface area (Å²) >= 11 is 0. The number of nitrogens with zero attached hydrogens (tertiary/aromatic N) is 2. The third-order valence-electron chi connectivity index (χ3n) is 2.57. The summed E-state index contributed by atoms with van der Waals surface area (Å²) in [6.45, 7) is 1.55. The minimum absolute atomic E-state index is 0.148. The standard InChI is InChI=1S/C11H16FN3O2/c1-7(6-16)15(3)11(17)9-4-8(12)5-14-10(9)13-2/h4-5,7,16H,6H2,1-3H3,(H,13,14). The Morgan fingerprint density at radius 3 is 2.88 bits per heavy atom. The molecule has 1 unspecified atom stereocenters. The molecule has 0 saturated carbocycles. The van der Waals surface area contributed by atoms with Gasteiger partial charge in [-0.1, -0.05) is 0 Å². The highest BCUT2D eigenvalue weighted by atomic mass is 19.1. The van der Waals surface area contributed by atoms with Gasteiger partial charge in [0.05, 0.1) is 24.4 Å². The zero-order valence-electron chi connectivity index (χ0n) is 10.1. The zero-order chi connectivity index (χ0) is 13.0. The third-order valence-corrected chi connectivity index (χ3v) is 2.57. The molecule has 94 valence electrons. The molecule has 1 rings (SSSR count). The molecule has 6 heteroatoms. The molecular formula is C11H16FN3O2. The number of aromatic nitrogens is 1. The summed E-state index contributed by atoms with van der Waals surface area (Å²) in [5, 5.41) is 11.7. The highest BCUT2D eigenvalue weighted by Crippen LogP contribution is 2.16. The van der Waals surface area contributed by atoms with Crippen molar-refractivity contribution >= 4 is 11.7 Å². The minimum atomic E-state index is -0.572. The van der Waals surface area contributed by atoms with Crippen LogP contribution in [0.4, 0.5) is 10.2 Å². The number of carbonyl (C=O) groups excluding carboxylic acids is 1. The van der Waals surface area contributed by atoms with Crippen molar-refractivity contribution in [2.75, 3.05) is 26.0 Å². The molecule has 0 aliphatic rings. The van der Waals surface area contributed by atoms with Gasteiger partial charge >= 0.3 is 0 Å². The Labute approximate surface area is 99.3 Å². The molecule has 0 aromatic carbocycles. The largest absolute Gasteiger partial charge is 0.394 e. The lowest BCUT2D eigenvalue weighted by Crippen LogP contribution is -2.37. The fourth-order valence-electron chi connectivity index (χ4n) is 1.31. The van der Waals surface area contributed by atoms with Crippen molar-refractivity contribution in [1.29, 1.82) is 0 Å². The summed E-state index contributed by atoms with van der Waals surface area (Å²) in [5.41, 5.74) is 0.148. The first-order valence-corrected chi connectivity index (χ1v) is 5.22. The van der Waals surface area contributed by atoms with Gasteiger partial charge in [0.1, 0.15) is 11.6 Å². The van der Waals surface area contributed by atoms with Gasteiger partial charge in [0.15, 0.2) is 0 Å². The molecule has 0 radical (unpaired) electrons. The van der Waals surface area contributed by atoms with E-state index in [1.165, 1.54) is 4.90 Å². The van der Waals surface area contributed by atoms with E-state index >= 15 is 0 Å². The molecule has 1 amide bonds. The summed E-state index contributed by atoms with van der Waals surface area (Å²) in [5.74, 6) is -0.645. The zero-order valence-corrected chi connectivity index (χ0v) is 10.1. The summed E-state index contributed by atoms with van der Waals surface area (Å²) in [6, 6.07) is 0.789. The smallest absolute Gasteiger partial charge is 0.257 e. The molecular weight excluding hydrogens is 225 g/mol. The van der Waals surface area contributed by atoms with Gasteiger partial charge in [-0.05, 0) is 13.0 Å². The van der Waals surface area contributed by atoms with Gasteiger partial charge < -0.3 is 15.3 Å². The highest BCUT2D eigenvalue weighted by Gasteiger charge is 2.20. The molecule has 1 atom stereocenters. The van der Waals surface area contributed by atoms with Crippen LogP contribution in [-0.4, -0.2) is 47.6 Å². The first-order chi connectivity index (χ1) is 8.01. The number of carbonyl (C=O) groups is 1. The predicted molar refractivity (Wildman–Crippen MR) is 62.4 cm³/mol. The number of hydrogen-bond acceptors (Lipinski definition) is 4. The fraction of sp³-hybridized carbons (Fsp3) is 0.455. The monoisotopic (exact) mass is 241 g/mol. The molecule has 1 aromatic heterocycles. The lowest BCUT2D eigenvalue weighted by atomic mass is 10.2. The topological polar surface area (TPSA) is 65.5 Å². The summed E-state index contributed by atoms with van der Waals surface area (Å²) in [6.07, 6.45) is 1.04. The van der Waals surface area contributed by atoms with Crippen LogP contribution in [0.15, 0.2) is 12.3 Å². The van der Waals surface area contributed by atoms with Gasteiger partial charge in [-0.2, -0.15) is 0 Å². The lowest BCUT2D eigenvalue weighted by Gasteiger charge is -2.23. The van der Waals surface area contributed by atoms with Crippen LogP contribution in [0.3, 0.4) is 0 Å². The van der Waals surface area contributed by atoms with E-state index < -0.39 is 5.82 Å². The molecule has 17 heavy (non-hydrogen) atoms. The molecule has 0 spiro atoms. The van der Waals surface area contributed by atoms with E-state index in [0.717, 1.165) is 12.3 Å². The van der Waals surface area contributed by atoms with Crippen molar-refractivity contribution in [2.45, 2.75) is 13.0 Å². The maximum Gasteiger partial charge on any atom is 0.257 e. The summed E-state index contributed by atoms with van der Waals surface area (Å²) in [4.78, 5) is 17.2. The minimum Gasteiger partial charge on any atom is -0.394 e. The van der Waals surface area contributed by atoms with E-state index in [2.05, 4.69) is 10.3 Å². The number of aliphatic hydroxyl groups is 1. The van der Waals surface area contributed by atoms with Gasteiger partial charge in [0, 0.05) is 14.1 Å². The van der Waals surface area contributed by atoms with E-state index in [4.69, 9.17) is 5.11 Å². The Hall–Kier alpha value is -1.69. The SMILES string of the molecule is CNc1ncc(F)cc1C(=O)N(C)C(C)CO.